The Labute approximate surface area is 111 Å². The standard InChI is InChI=1S/C16H26N2/c1-4-18-11-9-16(10-12-18,13-17-3)15-8-6-5-7-14(15)2/h5-8,17H,4,9-13H2,1-3H3. The lowest BCUT2D eigenvalue weighted by Crippen LogP contribution is -2.47. The van der Waals surface area contributed by atoms with Crippen LogP contribution >= 0.6 is 0 Å². The molecule has 0 aromatic heterocycles. The zero-order valence-corrected chi connectivity index (χ0v) is 12.0. The van der Waals surface area contributed by atoms with Gasteiger partial charge in [-0.1, -0.05) is 31.2 Å². The second-order valence-electron chi connectivity index (χ2n) is 5.56. The number of hydrogen-bond donors (Lipinski definition) is 1. The van der Waals surface area contributed by atoms with E-state index in [1.54, 1.807) is 5.56 Å². The van der Waals surface area contributed by atoms with Gasteiger partial charge >= 0.3 is 0 Å². The smallest absolute Gasteiger partial charge is 0.0104 e. The Balaban J connectivity index is 2.26. The van der Waals surface area contributed by atoms with Gasteiger partial charge in [-0.2, -0.15) is 0 Å². The molecule has 0 saturated carbocycles. The summed E-state index contributed by atoms with van der Waals surface area (Å²) in [6.07, 6.45) is 2.54. The second kappa shape index (κ2) is 5.85. The maximum atomic E-state index is 3.42. The molecule has 1 aliphatic rings. The minimum atomic E-state index is 0.339. The van der Waals surface area contributed by atoms with Crippen LogP contribution in [0.5, 0.6) is 0 Å². The van der Waals surface area contributed by atoms with Crippen molar-refractivity contribution < 1.29 is 0 Å². The number of rotatable bonds is 4. The maximum Gasteiger partial charge on any atom is 0.0104 e. The molecule has 0 amide bonds. The number of nitrogens with one attached hydrogen (secondary N) is 1. The summed E-state index contributed by atoms with van der Waals surface area (Å²) in [5.41, 5.74) is 3.33. The van der Waals surface area contributed by atoms with Crippen molar-refractivity contribution in [3.8, 4) is 0 Å². The Hall–Kier alpha value is -0.860. The van der Waals surface area contributed by atoms with Gasteiger partial charge in [0.2, 0.25) is 0 Å². The Morgan fingerprint density at radius 1 is 1.22 bits per heavy atom. The van der Waals surface area contributed by atoms with E-state index in [1.807, 2.05) is 0 Å². The third-order valence-corrected chi connectivity index (χ3v) is 4.49. The van der Waals surface area contributed by atoms with Crippen molar-refractivity contribution in [1.29, 1.82) is 0 Å². The van der Waals surface area contributed by atoms with Gasteiger partial charge in [0.15, 0.2) is 0 Å². The summed E-state index contributed by atoms with van der Waals surface area (Å²) >= 11 is 0. The van der Waals surface area contributed by atoms with Gasteiger partial charge in [0.05, 0.1) is 0 Å². The lowest BCUT2D eigenvalue weighted by molar-refractivity contribution is 0.163. The van der Waals surface area contributed by atoms with Gasteiger partial charge < -0.3 is 10.2 Å². The minimum Gasteiger partial charge on any atom is -0.319 e. The SMILES string of the molecule is CCN1CCC(CNC)(c2ccccc2C)CC1. The third kappa shape index (κ3) is 2.60. The van der Waals surface area contributed by atoms with E-state index in [4.69, 9.17) is 0 Å². The average molecular weight is 246 g/mol. The van der Waals surface area contributed by atoms with Gasteiger partial charge in [0, 0.05) is 12.0 Å². The number of likely N-dealkylation sites (N-methyl/N-ethyl adjacent to an activating group) is 1. The van der Waals surface area contributed by atoms with E-state index in [1.165, 1.54) is 38.0 Å². The highest BCUT2D eigenvalue weighted by Crippen LogP contribution is 2.36. The van der Waals surface area contributed by atoms with Crippen molar-refractivity contribution >= 4 is 0 Å². The minimum absolute atomic E-state index is 0.339. The van der Waals surface area contributed by atoms with Crippen LogP contribution in [0.1, 0.15) is 30.9 Å². The molecule has 1 N–H and O–H groups in total. The van der Waals surface area contributed by atoms with Crippen molar-refractivity contribution in [3.63, 3.8) is 0 Å². The van der Waals surface area contributed by atoms with E-state index in [0.717, 1.165) is 6.54 Å². The van der Waals surface area contributed by atoms with Crippen LogP contribution in [0.2, 0.25) is 0 Å². The van der Waals surface area contributed by atoms with E-state index < -0.39 is 0 Å². The highest BCUT2D eigenvalue weighted by molar-refractivity contribution is 5.34. The zero-order chi connectivity index (χ0) is 13.0. The first-order valence-corrected chi connectivity index (χ1v) is 7.15. The number of nitrogens with zero attached hydrogens (tertiary/aromatic N) is 1. The van der Waals surface area contributed by atoms with Gasteiger partial charge in [0.1, 0.15) is 0 Å². The summed E-state index contributed by atoms with van der Waals surface area (Å²) in [5, 5.41) is 3.42. The molecule has 2 heteroatoms. The molecule has 2 nitrogen and oxygen atoms in total. The largest absolute Gasteiger partial charge is 0.319 e. The third-order valence-electron chi connectivity index (χ3n) is 4.49. The number of piperidine rings is 1. The molecule has 0 unspecified atom stereocenters. The van der Waals surface area contributed by atoms with E-state index in [0.29, 0.717) is 5.41 Å². The molecule has 1 saturated heterocycles. The van der Waals surface area contributed by atoms with Crippen molar-refractivity contribution in [2.45, 2.75) is 32.1 Å². The summed E-state index contributed by atoms with van der Waals surface area (Å²) in [6.45, 7) is 9.25. The van der Waals surface area contributed by atoms with Gasteiger partial charge in [0.25, 0.3) is 0 Å². The quantitative estimate of drug-likeness (QED) is 0.878. The van der Waals surface area contributed by atoms with E-state index in [-0.39, 0.29) is 0 Å². The van der Waals surface area contributed by atoms with Gasteiger partial charge in [-0.15, -0.1) is 0 Å². The second-order valence-corrected chi connectivity index (χ2v) is 5.56. The lowest BCUT2D eigenvalue weighted by Gasteiger charge is -2.43. The molecule has 1 aliphatic heterocycles. The van der Waals surface area contributed by atoms with Crippen molar-refractivity contribution in [2.24, 2.45) is 0 Å². The molecule has 2 rings (SSSR count). The normalized spacial score (nSPS) is 19.9. The first-order chi connectivity index (χ1) is 8.72. The highest BCUT2D eigenvalue weighted by Gasteiger charge is 2.35. The summed E-state index contributed by atoms with van der Waals surface area (Å²) in [5.74, 6) is 0. The Bertz CT molecular complexity index is 378. The van der Waals surface area contributed by atoms with Crippen LogP contribution in [0.15, 0.2) is 24.3 Å². The Morgan fingerprint density at radius 2 is 1.89 bits per heavy atom. The number of hydrogen-bond acceptors (Lipinski definition) is 2. The van der Waals surface area contributed by atoms with Gasteiger partial charge in [-0.3, -0.25) is 0 Å². The van der Waals surface area contributed by atoms with Crippen molar-refractivity contribution in [2.75, 3.05) is 33.2 Å². The predicted molar refractivity (Wildman–Crippen MR) is 78.1 cm³/mol. The molecule has 1 heterocycles. The van der Waals surface area contributed by atoms with Crippen LogP contribution in [-0.2, 0) is 5.41 Å². The first-order valence-electron chi connectivity index (χ1n) is 7.15. The van der Waals surface area contributed by atoms with Crippen LogP contribution < -0.4 is 5.32 Å². The summed E-state index contributed by atoms with van der Waals surface area (Å²) in [6, 6.07) is 8.91. The zero-order valence-electron chi connectivity index (χ0n) is 12.0. The average Bonchev–Trinajstić information content (AvgIpc) is 2.40. The van der Waals surface area contributed by atoms with E-state index >= 15 is 0 Å². The summed E-state index contributed by atoms with van der Waals surface area (Å²) in [7, 11) is 2.08. The van der Waals surface area contributed by atoms with Crippen LogP contribution in [-0.4, -0.2) is 38.1 Å². The first kappa shape index (κ1) is 13.6. The number of likely N-dealkylation sites (tertiary alicyclic amines) is 1. The fourth-order valence-electron chi connectivity index (χ4n) is 3.34. The Morgan fingerprint density at radius 3 is 2.44 bits per heavy atom. The van der Waals surface area contributed by atoms with E-state index in [9.17, 15) is 0 Å². The highest BCUT2D eigenvalue weighted by atomic mass is 15.1. The van der Waals surface area contributed by atoms with Crippen LogP contribution in [0.4, 0.5) is 0 Å². The van der Waals surface area contributed by atoms with Crippen LogP contribution in [0, 0.1) is 6.92 Å². The lowest BCUT2D eigenvalue weighted by atomic mass is 9.71. The van der Waals surface area contributed by atoms with E-state index in [2.05, 4.69) is 55.4 Å². The predicted octanol–water partition coefficient (Wildman–Crippen LogP) is 2.57. The van der Waals surface area contributed by atoms with Crippen molar-refractivity contribution in [1.82, 2.24) is 10.2 Å². The van der Waals surface area contributed by atoms with Crippen molar-refractivity contribution in [3.05, 3.63) is 35.4 Å². The van der Waals surface area contributed by atoms with Crippen LogP contribution in [0.25, 0.3) is 0 Å². The molecule has 0 radical (unpaired) electrons. The molecular formula is C16H26N2. The topological polar surface area (TPSA) is 15.3 Å². The monoisotopic (exact) mass is 246 g/mol. The molecule has 0 aliphatic carbocycles. The Kier molecular flexibility index (Phi) is 4.41. The molecule has 18 heavy (non-hydrogen) atoms. The van der Waals surface area contributed by atoms with Gasteiger partial charge in [-0.05, 0) is 57.6 Å². The van der Waals surface area contributed by atoms with Crippen LogP contribution in [0.3, 0.4) is 0 Å². The summed E-state index contributed by atoms with van der Waals surface area (Å²) < 4.78 is 0. The molecule has 1 aromatic rings. The molecule has 1 fully saturated rings. The van der Waals surface area contributed by atoms with Gasteiger partial charge in [-0.25, -0.2) is 0 Å². The maximum absolute atomic E-state index is 3.42. The summed E-state index contributed by atoms with van der Waals surface area (Å²) in [4.78, 5) is 2.56. The number of benzene rings is 1. The fourth-order valence-corrected chi connectivity index (χ4v) is 3.34. The molecule has 0 spiro atoms. The molecule has 0 bridgehead atoms. The molecule has 0 atom stereocenters. The fraction of sp³-hybridized carbons (Fsp3) is 0.625. The molecule has 1 aromatic carbocycles. The molecule has 100 valence electrons. The number of aryl methyl sites for hydroxylation is 1. The molecular weight excluding hydrogens is 220 g/mol.